The highest BCUT2D eigenvalue weighted by Crippen LogP contribution is 2.28. The third kappa shape index (κ3) is 2.97. The molecule has 0 bridgehead atoms. The van der Waals surface area contributed by atoms with Gasteiger partial charge in [0.2, 0.25) is 0 Å². The third-order valence-electron chi connectivity index (χ3n) is 3.42. The van der Waals surface area contributed by atoms with Gasteiger partial charge in [-0.15, -0.1) is 0 Å². The quantitative estimate of drug-likeness (QED) is 0.798. The number of rotatable bonds is 2. The summed E-state index contributed by atoms with van der Waals surface area (Å²) in [6.07, 6.45) is 5.07. The summed E-state index contributed by atoms with van der Waals surface area (Å²) < 4.78 is 6.49. The highest BCUT2D eigenvalue weighted by atomic mass is 79.9. The predicted molar refractivity (Wildman–Crippen MR) is 91.7 cm³/mol. The maximum absolute atomic E-state index is 12.7. The summed E-state index contributed by atoms with van der Waals surface area (Å²) in [5, 5.41) is 0. The molecular weight excluding hydrogens is 342 g/mol. The average molecular weight is 356 g/mol. The number of amides is 1. The lowest BCUT2D eigenvalue weighted by atomic mass is 10.1. The van der Waals surface area contributed by atoms with Crippen molar-refractivity contribution < 1.29 is 9.53 Å². The molecule has 0 N–H and O–H groups in total. The van der Waals surface area contributed by atoms with Crippen molar-refractivity contribution in [1.29, 1.82) is 0 Å². The van der Waals surface area contributed by atoms with Crippen molar-refractivity contribution in [1.82, 2.24) is 0 Å². The van der Waals surface area contributed by atoms with Gasteiger partial charge in [-0.3, -0.25) is 4.79 Å². The Hall–Kier alpha value is -2.33. The molecule has 0 unspecified atom stereocenters. The number of fused-ring (bicyclic) bond motifs is 1. The largest absolute Gasteiger partial charge is 0.464 e. The van der Waals surface area contributed by atoms with Gasteiger partial charge in [0.15, 0.2) is 0 Å². The molecule has 0 saturated heterocycles. The number of likely N-dealkylation sites (N-methyl/N-ethyl adjacent to an activating group) is 1. The van der Waals surface area contributed by atoms with Gasteiger partial charge in [0.25, 0.3) is 5.91 Å². The number of benzene rings is 2. The lowest BCUT2D eigenvalue weighted by Gasteiger charge is -2.17. The van der Waals surface area contributed by atoms with E-state index in [2.05, 4.69) is 15.9 Å². The summed E-state index contributed by atoms with van der Waals surface area (Å²) in [7, 11) is 1.76. The summed E-state index contributed by atoms with van der Waals surface area (Å²) in [5.74, 6) is 0.642. The SMILES string of the molecule is CN(C(=O)C1=Cc2cc(Br)ccc2OC=C1)c1ccccc1. The Morgan fingerprint density at radius 2 is 1.91 bits per heavy atom. The number of halogens is 1. The van der Waals surface area contributed by atoms with Gasteiger partial charge in [0.1, 0.15) is 5.75 Å². The monoisotopic (exact) mass is 355 g/mol. The molecule has 0 saturated carbocycles. The Morgan fingerprint density at radius 1 is 1.14 bits per heavy atom. The van der Waals surface area contributed by atoms with Gasteiger partial charge < -0.3 is 9.64 Å². The van der Waals surface area contributed by atoms with Crippen LogP contribution in [0.5, 0.6) is 5.75 Å². The number of carbonyl (C=O) groups is 1. The Morgan fingerprint density at radius 3 is 2.68 bits per heavy atom. The summed E-state index contributed by atoms with van der Waals surface area (Å²) in [6.45, 7) is 0. The fourth-order valence-corrected chi connectivity index (χ4v) is 2.61. The summed E-state index contributed by atoms with van der Waals surface area (Å²) in [6, 6.07) is 15.3. The Kier molecular flexibility index (Phi) is 4.11. The molecule has 0 spiro atoms. The van der Waals surface area contributed by atoms with Crippen LogP contribution in [-0.2, 0) is 4.79 Å². The maximum atomic E-state index is 12.7. The molecule has 110 valence electrons. The number of anilines is 1. The zero-order valence-corrected chi connectivity index (χ0v) is 13.6. The van der Waals surface area contributed by atoms with Crippen molar-refractivity contribution >= 4 is 33.6 Å². The van der Waals surface area contributed by atoms with Crippen molar-refractivity contribution in [3.8, 4) is 5.75 Å². The van der Waals surface area contributed by atoms with Gasteiger partial charge in [0, 0.05) is 28.3 Å². The van der Waals surface area contributed by atoms with Crippen LogP contribution < -0.4 is 9.64 Å². The highest BCUT2D eigenvalue weighted by molar-refractivity contribution is 9.10. The zero-order valence-electron chi connectivity index (χ0n) is 12.0. The van der Waals surface area contributed by atoms with Crippen molar-refractivity contribution in [2.24, 2.45) is 0 Å². The molecule has 0 aromatic heterocycles. The van der Waals surface area contributed by atoms with E-state index in [4.69, 9.17) is 4.74 Å². The predicted octanol–water partition coefficient (Wildman–Crippen LogP) is 4.40. The van der Waals surface area contributed by atoms with E-state index in [-0.39, 0.29) is 5.91 Å². The normalized spacial score (nSPS) is 12.7. The smallest absolute Gasteiger partial charge is 0.258 e. The lowest BCUT2D eigenvalue weighted by molar-refractivity contribution is -0.114. The lowest BCUT2D eigenvalue weighted by Crippen LogP contribution is -2.27. The molecule has 22 heavy (non-hydrogen) atoms. The van der Waals surface area contributed by atoms with E-state index in [9.17, 15) is 4.79 Å². The molecular formula is C18H14BrNO2. The molecule has 2 aromatic rings. The van der Waals surface area contributed by atoms with E-state index in [1.165, 1.54) is 0 Å². The molecule has 3 rings (SSSR count). The molecule has 3 nitrogen and oxygen atoms in total. The minimum atomic E-state index is -0.0844. The average Bonchev–Trinajstić information content (AvgIpc) is 2.76. The van der Waals surface area contributed by atoms with Crippen LogP contribution in [-0.4, -0.2) is 13.0 Å². The van der Waals surface area contributed by atoms with Crippen LogP contribution in [0, 0.1) is 0 Å². The second kappa shape index (κ2) is 6.20. The second-order valence-corrected chi connectivity index (χ2v) is 5.82. The Labute approximate surface area is 137 Å². The second-order valence-electron chi connectivity index (χ2n) is 4.90. The van der Waals surface area contributed by atoms with Crippen LogP contribution in [0.1, 0.15) is 5.56 Å². The number of carbonyl (C=O) groups excluding carboxylic acids is 1. The molecule has 0 aliphatic carbocycles. The summed E-state index contributed by atoms with van der Waals surface area (Å²) in [4.78, 5) is 14.3. The fourth-order valence-electron chi connectivity index (χ4n) is 2.23. The van der Waals surface area contributed by atoms with Crippen LogP contribution >= 0.6 is 15.9 Å². The molecule has 1 heterocycles. The van der Waals surface area contributed by atoms with Gasteiger partial charge >= 0.3 is 0 Å². The highest BCUT2D eigenvalue weighted by Gasteiger charge is 2.17. The van der Waals surface area contributed by atoms with Crippen LogP contribution in [0.25, 0.3) is 6.08 Å². The van der Waals surface area contributed by atoms with Crippen molar-refractivity contribution in [2.45, 2.75) is 0 Å². The van der Waals surface area contributed by atoms with Gasteiger partial charge in [-0.25, -0.2) is 0 Å². The van der Waals surface area contributed by atoms with Crippen LogP contribution in [0.4, 0.5) is 5.69 Å². The van der Waals surface area contributed by atoms with E-state index in [1.807, 2.05) is 54.6 Å². The summed E-state index contributed by atoms with van der Waals surface area (Å²) >= 11 is 3.44. The molecule has 0 atom stereocenters. The van der Waals surface area contributed by atoms with Crippen LogP contribution in [0.3, 0.4) is 0 Å². The standard InChI is InChI=1S/C18H14BrNO2/c1-20(16-5-3-2-4-6-16)18(21)13-9-10-22-17-8-7-15(19)12-14(17)11-13/h2-12H,1H3. The van der Waals surface area contributed by atoms with E-state index in [1.54, 1.807) is 24.3 Å². The minimum Gasteiger partial charge on any atom is -0.464 e. The third-order valence-corrected chi connectivity index (χ3v) is 3.91. The van der Waals surface area contributed by atoms with Gasteiger partial charge in [0.05, 0.1) is 6.26 Å². The first-order valence-corrected chi connectivity index (χ1v) is 7.62. The number of ether oxygens (including phenoxy) is 1. The van der Waals surface area contributed by atoms with E-state index in [0.717, 1.165) is 21.5 Å². The Bertz CT molecular complexity index is 766. The number of nitrogens with zero attached hydrogens (tertiary/aromatic N) is 1. The van der Waals surface area contributed by atoms with Gasteiger partial charge in [-0.1, -0.05) is 34.1 Å². The molecule has 2 aromatic carbocycles. The van der Waals surface area contributed by atoms with Gasteiger partial charge in [-0.2, -0.15) is 0 Å². The molecule has 4 heteroatoms. The summed E-state index contributed by atoms with van der Waals surface area (Å²) in [5.41, 5.74) is 2.29. The number of hydrogen-bond acceptors (Lipinski definition) is 2. The first-order valence-electron chi connectivity index (χ1n) is 6.83. The maximum Gasteiger partial charge on any atom is 0.258 e. The van der Waals surface area contributed by atoms with E-state index >= 15 is 0 Å². The minimum absolute atomic E-state index is 0.0844. The molecule has 1 aliphatic rings. The van der Waals surface area contributed by atoms with Crippen molar-refractivity contribution in [3.05, 3.63) is 76.5 Å². The molecule has 0 fully saturated rings. The number of para-hydroxylation sites is 1. The van der Waals surface area contributed by atoms with Crippen LogP contribution in [0.15, 0.2) is 70.9 Å². The first-order chi connectivity index (χ1) is 10.6. The van der Waals surface area contributed by atoms with Crippen molar-refractivity contribution in [2.75, 3.05) is 11.9 Å². The fraction of sp³-hybridized carbons (Fsp3) is 0.0556. The molecule has 1 amide bonds. The molecule has 0 radical (unpaired) electrons. The number of hydrogen-bond donors (Lipinski definition) is 0. The van der Waals surface area contributed by atoms with Gasteiger partial charge in [-0.05, 0) is 42.5 Å². The molecule has 1 aliphatic heterocycles. The topological polar surface area (TPSA) is 29.5 Å². The van der Waals surface area contributed by atoms with E-state index < -0.39 is 0 Å². The first kappa shape index (κ1) is 14.6. The van der Waals surface area contributed by atoms with E-state index in [0.29, 0.717) is 5.57 Å². The van der Waals surface area contributed by atoms with Crippen molar-refractivity contribution in [3.63, 3.8) is 0 Å². The van der Waals surface area contributed by atoms with Crippen LogP contribution in [0.2, 0.25) is 0 Å². The zero-order chi connectivity index (χ0) is 15.5. The Balaban J connectivity index is 1.95.